The first-order chi connectivity index (χ1) is 12.9. The summed E-state index contributed by atoms with van der Waals surface area (Å²) in [5.74, 6) is 0.698. The molecular formula is C25H40O3. The molecule has 1 atom stereocenters. The molecule has 1 saturated carbocycles. The van der Waals surface area contributed by atoms with Gasteiger partial charge in [-0.25, -0.2) is 4.79 Å². The van der Waals surface area contributed by atoms with Crippen LogP contribution >= 0.6 is 0 Å². The molecular weight excluding hydrogens is 348 g/mol. The number of hydrogen-bond acceptors (Lipinski definition) is 3. The molecule has 3 nitrogen and oxygen atoms in total. The fraction of sp³-hybridized carbons (Fsp3) is 0.720. The molecule has 0 aromatic heterocycles. The van der Waals surface area contributed by atoms with Gasteiger partial charge in [-0.2, -0.15) is 0 Å². The molecule has 0 bridgehead atoms. The van der Waals surface area contributed by atoms with Gasteiger partial charge in [0.15, 0.2) is 0 Å². The summed E-state index contributed by atoms with van der Waals surface area (Å²) in [7, 11) is 1.62. The minimum Gasteiger partial charge on any atom is -0.496 e. The van der Waals surface area contributed by atoms with Gasteiger partial charge in [-0.3, -0.25) is 0 Å². The minimum atomic E-state index is -0.299. The third-order valence-electron chi connectivity index (χ3n) is 6.18. The molecule has 3 heteroatoms. The summed E-state index contributed by atoms with van der Waals surface area (Å²) in [6, 6.07) is 6.06. The van der Waals surface area contributed by atoms with Crippen molar-refractivity contribution in [2.45, 2.75) is 98.5 Å². The van der Waals surface area contributed by atoms with Crippen molar-refractivity contribution in [2.24, 2.45) is 10.8 Å². The van der Waals surface area contributed by atoms with Crippen molar-refractivity contribution in [3.63, 3.8) is 0 Å². The lowest BCUT2D eigenvalue weighted by Crippen LogP contribution is -2.31. The van der Waals surface area contributed by atoms with E-state index >= 15 is 0 Å². The van der Waals surface area contributed by atoms with Crippen LogP contribution in [-0.4, -0.2) is 18.7 Å². The number of benzene rings is 1. The molecule has 0 aliphatic heterocycles. The molecule has 1 aromatic rings. The summed E-state index contributed by atoms with van der Waals surface area (Å²) >= 11 is 0. The third kappa shape index (κ3) is 5.52. The number of methoxy groups -OCH3 is 1. The van der Waals surface area contributed by atoms with Gasteiger partial charge >= 0.3 is 5.97 Å². The first-order valence-electron chi connectivity index (χ1n) is 10.8. The van der Waals surface area contributed by atoms with Crippen LogP contribution in [0.1, 0.15) is 109 Å². The summed E-state index contributed by atoms with van der Waals surface area (Å²) in [6.07, 6.45) is 6.12. The maximum Gasteiger partial charge on any atom is 0.342 e. The van der Waals surface area contributed by atoms with E-state index in [1.807, 2.05) is 12.1 Å². The Kier molecular flexibility index (Phi) is 6.89. The van der Waals surface area contributed by atoms with Gasteiger partial charge in [0.05, 0.1) is 7.11 Å². The van der Waals surface area contributed by atoms with E-state index in [1.165, 1.54) is 5.56 Å². The summed E-state index contributed by atoms with van der Waals surface area (Å²) in [5, 5.41) is 0. The molecule has 1 aliphatic carbocycles. The third-order valence-corrected chi connectivity index (χ3v) is 6.18. The Morgan fingerprint density at radius 3 is 2.18 bits per heavy atom. The maximum atomic E-state index is 13.2. The number of hydrogen-bond donors (Lipinski definition) is 0. The van der Waals surface area contributed by atoms with E-state index in [0.717, 1.165) is 38.5 Å². The number of ether oxygens (including phenoxy) is 2. The summed E-state index contributed by atoms with van der Waals surface area (Å²) in [5.41, 5.74) is 1.75. The Morgan fingerprint density at radius 1 is 1.11 bits per heavy atom. The summed E-state index contributed by atoms with van der Waals surface area (Å²) < 4.78 is 11.6. The van der Waals surface area contributed by atoms with Crippen LogP contribution in [0.25, 0.3) is 0 Å². The average molecular weight is 389 g/mol. The lowest BCUT2D eigenvalue weighted by molar-refractivity contribution is -0.0174. The van der Waals surface area contributed by atoms with Crippen molar-refractivity contribution in [3.8, 4) is 5.75 Å². The van der Waals surface area contributed by atoms with Crippen LogP contribution in [-0.2, 0) is 4.74 Å². The molecule has 0 N–H and O–H groups in total. The van der Waals surface area contributed by atoms with Gasteiger partial charge in [-0.15, -0.1) is 0 Å². The van der Waals surface area contributed by atoms with Gasteiger partial charge in [0, 0.05) is 0 Å². The van der Waals surface area contributed by atoms with Crippen molar-refractivity contribution < 1.29 is 14.3 Å². The predicted molar refractivity (Wildman–Crippen MR) is 116 cm³/mol. The van der Waals surface area contributed by atoms with Crippen LogP contribution in [0.5, 0.6) is 5.75 Å². The van der Waals surface area contributed by atoms with Crippen LogP contribution in [0.15, 0.2) is 18.2 Å². The van der Waals surface area contributed by atoms with Crippen LogP contribution in [0, 0.1) is 10.8 Å². The van der Waals surface area contributed by atoms with Crippen molar-refractivity contribution in [1.82, 2.24) is 0 Å². The number of carbonyl (C=O) groups is 1. The topological polar surface area (TPSA) is 35.5 Å². The normalized spacial score (nSPS) is 18.0. The van der Waals surface area contributed by atoms with Crippen LogP contribution in [0.4, 0.5) is 0 Å². The molecule has 28 heavy (non-hydrogen) atoms. The van der Waals surface area contributed by atoms with Crippen LogP contribution in [0.2, 0.25) is 0 Å². The van der Waals surface area contributed by atoms with E-state index in [0.29, 0.717) is 17.2 Å². The predicted octanol–water partition coefficient (Wildman–Crippen LogP) is 7.14. The number of carbonyl (C=O) groups excluding carboxylic acids is 1. The van der Waals surface area contributed by atoms with Crippen molar-refractivity contribution >= 4 is 5.97 Å². The van der Waals surface area contributed by atoms with Crippen molar-refractivity contribution in [2.75, 3.05) is 7.11 Å². The highest BCUT2D eigenvalue weighted by Gasteiger charge is 2.37. The Labute approximate surface area is 172 Å². The quantitative estimate of drug-likeness (QED) is 0.486. The highest BCUT2D eigenvalue weighted by atomic mass is 16.6. The number of esters is 1. The second kappa shape index (κ2) is 8.47. The highest BCUT2D eigenvalue weighted by molar-refractivity contribution is 5.93. The van der Waals surface area contributed by atoms with Gasteiger partial charge in [0.1, 0.15) is 16.9 Å². The van der Waals surface area contributed by atoms with Gasteiger partial charge in [-0.05, 0) is 73.0 Å². The standard InChI is InChI=1S/C25H40O3/c1-9-25(14-10-11-15-25)28-22(26)19-16-18(12-13-21(19)27-8)20(24(5,6)7)17-23(2,3)4/h12-13,16,20H,9-11,14-15,17H2,1-8H3. The van der Waals surface area contributed by atoms with Gasteiger partial charge < -0.3 is 9.47 Å². The summed E-state index contributed by atoms with van der Waals surface area (Å²) in [6.45, 7) is 15.8. The average Bonchev–Trinajstić information content (AvgIpc) is 3.06. The molecule has 158 valence electrons. The zero-order chi connectivity index (χ0) is 21.2. The molecule has 0 amide bonds. The zero-order valence-electron chi connectivity index (χ0n) is 19.3. The van der Waals surface area contributed by atoms with Gasteiger partial charge in [0.2, 0.25) is 0 Å². The lowest BCUT2D eigenvalue weighted by atomic mass is 9.69. The second-order valence-electron chi connectivity index (χ2n) is 10.8. The van der Waals surface area contributed by atoms with Crippen molar-refractivity contribution in [3.05, 3.63) is 29.3 Å². The second-order valence-corrected chi connectivity index (χ2v) is 10.8. The molecule has 1 fully saturated rings. The smallest absolute Gasteiger partial charge is 0.342 e. The Bertz CT molecular complexity index is 670. The van der Waals surface area contributed by atoms with E-state index in [4.69, 9.17) is 9.47 Å². The lowest BCUT2D eigenvalue weighted by Gasteiger charge is -2.36. The largest absolute Gasteiger partial charge is 0.496 e. The zero-order valence-corrected chi connectivity index (χ0v) is 19.3. The summed E-state index contributed by atoms with van der Waals surface area (Å²) in [4.78, 5) is 13.2. The molecule has 0 saturated heterocycles. The molecule has 2 rings (SSSR count). The fourth-order valence-electron chi connectivity index (χ4n) is 4.44. The van der Waals surface area contributed by atoms with Crippen LogP contribution in [0.3, 0.4) is 0 Å². The van der Waals surface area contributed by atoms with Gasteiger partial charge in [-0.1, -0.05) is 54.5 Å². The molecule has 0 heterocycles. The maximum absolute atomic E-state index is 13.2. The first kappa shape index (κ1) is 22.8. The van der Waals surface area contributed by atoms with E-state index in [9.17, 15) is 4.79 Å². The molecule has 1 aromatic carbocycles. The van der Waals surface area contributed by atoms with Crippen molar-refractivity contribution in [1.29, 1.82) is 0 Å². The molecule has 0 spiro atoms. The van der Waals surface area contributed by atoms with E-state index in [1.54, 1.807) is 7.11 Å². The SMILES string of the molecule is CCC1(OC(=O)c2cc(C(CC(C)(C)C)C(C)(C)C)ccc2OC)CCCC1. The molecule has 1 unspecified atom stereocenters. The van der Waals surface area contributed by atoms with E-state index < -0.39 is 0 Å². The van der Waals surface area contributed by atoms with Crippen LogP contribution < -0.4 is 4.74 Å². The Hall–Kier alpha value is -1.51. The monoisotopic (exact) mass is 388 g/mol. The van der Waals surface area contributed by atoms with E-state index in [-0.39, 0.29) is 22.4 Å². The Balaban J connectivity index is 2.40. The number of rotatable bonds is 6. The first-order valence-corrected chi connectivity index (χ1v) is 10.8. The highest BCUT2D eigenvalue weighted by Crippen LogP contribution is 2.44. The molecule has 1 aliphatic rings. The van der Waals surface area contributed by atoms with E-state index in [2.05, 4.69) is 54.5 Å². The minimum absolute atomic E-state index is 0.0964. The molecule has 0 radical (unpaired) electrons. The Morgan fingerprint density at radius 2 is 1.71 bits per heavy atom. The van der Waals surface area contributed by atoms with Gasteiger partial charge in [0.25, 0.3) is 0 Å². The fourth-order valence-corrected chi connectivity index (χ4v) is 4.44.